The number of furan rings is 1. The molecule has 32 heavy (non-hydrogen) atoms. The molecular weight excluding hydrogens is 410 g/mol. The molecule has 2 unspecified atom stereocenters. The Morgan fingerprint density at radius 2 is 2.16 bits per heavy atom. The first-order valence-corrected chi connectivity index (χ1v) is 11.9. The molecule has 2 aromatic heterocycles. The van der Waals surface area contributed by atoms with Crippen molar-refractivity contribution in [2.45, 2.75) is 76.2 Å². The Hall–Kier alpha value is -2.16. The largest absolute Gasteiger partial charge is 0.455 e. The predicted octanol–water partition coefficient (Wildman–Crippen LogP) is 2.75. The minimum atomic E-state index is -0.168. The highest BCUT2D eigenvalue weighted by Crippen LogP contribution is 2.58. The average molecular weight is 442 g/mol. The molecule has 2 aliphatic heterocycles. The van der Waals surface area contributed by atoms with E-state index >= 15 is 0 Å². The van der Waals surface area contributed by atoms with Gasteiger partial charge in [-0.05, 0) is 39.5 Å². The van der Waals surface area contributed by atoms with Crippen molar-refractivity contribution in [3.8, 4) is 11.3 Å². The van der Waals surface area contributed by atoms with Crippen molar-refractivity contribution in [1.29, 1.82) is 0 Å². The summed E-state index contributed by atoms with van der Waals surface area (Å²) in [6, 6.07) is 0. The van der Waals surface area contributed by atoms with Gasteiger partial charge in [-0.15, -0.1) is 0 Å². The maximum Gasteiger partial charge on any atom is 0.287 e. The smallest absolute Gasteiger partial charge is 0.287 e. The normalized spacial score (nSPS) is 27.9. The lowest BCUT2D eigenvalue weighted by atomic mass is 9.82. The number of hydrogen-bond acceptors (Lipinski definition) is 6. The molecule has 2 aromatic rings. The van der Waals surface area contributed by atoms with Crippen molar-refractivity contribution in [2.24, 2.45) is 0 Å². The topological polar surface area (TPSA) is 87.8 Å². The Bertz CT molecular complexity index is 1030. The van der Waals surface area contributed by atoms with Gasteiger partial charge >= 0.3 is 0 Å². The van der Waals surface area contributed by atoms with Crippen LogP contribution in [0, 0.1) is 6.92 Å². The maximum atomic E-state index is 13.0. The minimum Gasteiger partial charge on any atom is -0.455 e. The number of aromatic nitrogens is 2. The monoisotopic (exact) mass is 441 g/mol. The zero-order valence-electron chi connectivity index (χ0n) is 18.8. The van der Waals surface area contributed by atoms with E-state index < -0.39 is 0 Å². The van der Waals surface area contributed by atoms with Crippen molar-refractivity contribution in [2.75, 3.05) is 26.4 Å². The molecule has 8 heteroatoms. The third-order valence-corrected chi connectivity index (χ3v) is 7.43. The van der Waals surface area contributed by atoms with Crippen LogP contribution in [0.1, 0.15) is 60.0 Å². The molecule has 8 nitrogen and oxygen atoms in total. The van der Waals surface area contributed by atoms with Crippen LogP contribution in [0.3, 0.4) is 0 Å². The van der Waals surface area contributed by atoms with Crippen LogP contribution in [0.2, 0.25) is 0 Å². The summed E-state index contributed by atoms with van der Waals surface area (Å²) >= 11 is 0. The number of carbonyl (C=O) groups is 1. The first-order chi connectivity index (χ1) is 15.5. The van der Waals surface area contributed by atoms with Crippen LogP contribution in [0.5, 0.6) is 0 Å². The number of amides is 1. The summed E-state index contributed by atoms with van der Waals surface area (Å²) in [6.45, 7) is 7.11. The zero-order valence-corrected chi connectivity index (χ0v) is 18.8. The number of ether oxygens (including phenoxy) is 3. The van der Waals surface area contributed by atoms with E-state index in [9.17, 15) is 4.79 Å². The molecule has 3 atom stereocenters. The van der Waals surface area contributed by atoms with E-state index in [1.165, 1.54) is 5.56 Å². The molecule has 172 valence electrons. The molecule has 4 aliphatic rings. The molecule has 1 N–H and O–H groups in total. The standard InChI is InChI=1S/C24H31N3O5/c1-14-3-4-16(31-14)10-25-23(28)22-15(2)20-19(32-22)9-24(5-6-24)18-12-27(26-21(18)20)11-17-13-29-7-8-30-17/h12,14,16-17H,3-11,13H2,1-2H3,(H,25,28)/t14?,16?,17-/m0/s1. The lowest BCUT2D eigenvalue weighted by molar-refractivity contribution is -0.0946. The van der Waals surface area contributed by atoms with Gasteiger partial charge in [-0.2, -0.15) is 5.10 Å². The molecule has 0 aromatic carbocycles. The minimum absolute atomic E-state index is 0.0204. The van der Waals surface area contributed by atoms with Crippen LogP contribution >= 0.6 is 0 Å². The maximum absolute atomic E-state index is 13.0. The second-order valence-electron chi connectivity index (χ2n) is 9.85. The highest BCUT2D eigenvalue weighted by atomic mass is 16.6. The Labute approximate surface area is 187 Å². The van der Waals surface area contributed by atoms with Crippen LogP contribution < -0.4 is 5.32 Å². The number of fused-ring (bicyclic) bond motifs is 4. The quantitative estimate of drug-likeness (QED) is 0.768. The van der Waals surface area contributed by atoms with E-state index in [-0.39, 0.29) is 29.6 Å². The fourth-order valence-corrected chi connectivity index (χ4v) is 5.48. The average Bonchev–Trinajstić information content (AvgIpc) is 3.08. The molecule has 3 fully saturated rings. The SMILES string of the molecule is Cc1c(C(=O)NCC2CCC(C)O2)oc2c1-c1nn(C[C@H]3COCCO3)cc1C1(CC1)C2. The molecule has 1 saturated carbocycles. The highest BCUT2D eigenvalue weighted by Gasteiger charge is 2.52. The fourth-order valence-electron chi connectivity index (χ4n) is 5.48. The second kappa shape index (κ2) is 7.71. The van der Waals surface area contributed by atoms with Gasteiger partial charge in [0.2, 0.25) is 0 Å². The zero-order chi connectivity index (χ0) is 21.9. The van der Waals surface area contributed by atoms with Crippen LogP contribution in [-0.2, 0) is 32.6 Å². The third kappa shape index (κ3) is 3.49. The highest BCUT2D eigenvalue weighted by molar-refractivity contribution is 5.95. The molecule has 0 bridgehead atoms. The van der Waals surface area contributed by atoms with E-state index in [1.54, 1.807) is 0 Å². The van der Waals surface area contributed by atoms with Crippen molar-refractivity contribution >= 4 is 5.91 Å². The molecular formula is C24H31N3O5. The van der Waals surface area contributed by atoms with Crippen molar-refractivity contribution in [3.63, 3.8) is 0 Å². The predicted molar refractivity (Wildman–Crippen MR) is 116 cm³/mol. The lowest BCUT2D eigenvalue weighted by Crippen LogP contribution is -2.32. The molecule has 0 radical (unpaired) electrons. The van der Waals surface area contributed by atoms with E-state index in [0.717, 1.165) is 54.7 Å². The molecule has 4 heterocycles. The molecule has 2 saturated heterocycles. The Kier molecular flexibility index (Phi) is 4.93. The van der Waals surface area contributed by atoms with E-state index in [0.29, 0.717) is 38.7 Å². The van der Waals surface area contributed by atoms with Gasteiger partial charge in [-0.25, -0.2) is 0 Å². The summed E-state index contributed by atoms with van der Waals surface area (Å²) < 4.78 is 25.4. The number of nitrogens with one attached hydrogen (secondary N) is 1. The summed E-state index contributed by atoms with van der Waals surface area (Å²) in [5.74, 6) is 1.13. The van der Waals surface area contributed by atoms with Gasteiger partial charge in [0.05, 0.1) is 44.3 Å². The number of carbonyl (C=O) groups excluding carboxylic acids is 1. The van der Waals surface area contributed by atoms with E-state index in [1.807, 2.05) is 11.6 Å². The number of rotatable bonds is 5. The molecule has 1 amide bonds. The Morgan fingerprint density at radius 1 is 1.28 bits per heavy atom. The van der Waals surface area contributed by atoms with Crippen LogP contribution in [0.15, 0.2) is 10.6 Å². The Balaban J connectivity index is 1.25. The number of hydrogen-bond donors (Lipinski definition) is 1. The number of nitrogens with zero attached hydrogens (tertiary/aromatic N) is 2. The molecule has 1 spiro atoms. The van der Waals surface area contributed by atoms with Gasteiger partial charge in [0, 0.05) is 41.3 Å². The van der Waals surface area contributed by atoms with E-state index in [4.69, 9.17) is 23.7 Å². The van der Waals surface area contributed by atoms with Crippen molar-refractivity contribution in [3.05, 3.63) is 28.8 Å². The summed E-state index contributed by atoms with van der Waals surface area (Å²) in [6.07, 6.45) is 7.67. The van der Waals surface area contributed by atoms with Gasteiger partial charge in [0.15, 0.2) is 5.76 Å². The van der Waals surface area contributed by atoms with E-state index in [2.05, 4.69) is 18.4 Å². The summed E-state index contributed by atoms with van der Waals surface area (Å²) in [5, 5.41) is 7.96. The first kappa shape index (κ1) is 20.4. The molecule has 2 aliphatic carbocycles. The summed E-state index contributed by atoms with van der Waals surface area (Å²) in [4.78, 5) is 13.0. The van der Waals surface area contributed by atoms with Crippen LogP contribution in [0.4, 0.5) is 0 Å². The lowest BCUT2D eigenvalue weighted by Gasteiger charge is -2.22. The Morgan fingerprint density at radius 3 is 2.88 bits per heavy atom. The van der Waals surface area contributed by atoms with Gasteiger partial charge < -0.3 is 23.9 Å². The second-order valence-corrected chi connectivity index (χ2v) is 9.85. The van der Waals surface area contributed by atoms with Gasteiger partial charge in [0.25, 0.3) is 5.91 Å². The van der Waals surface area contributed by atoms with Crippen LogP contribution in [0.25, 0.3) is 11.3 Å². The van der Waals surface area contributed by atoms with Crippen molar-refractivity contribution in [1.82, 2.24) is 15.1 Å². The van der Waals surface area contributed by atoms with Gasteiger partial charge in [0.1, 0.15) is 11.9 Å². The van der Waals surface area contributed by atoms with Gasteiger partial charge in [-0.3, -0.25) is 9.48 Å². The fraction of sp³-hybridized carbons (Fsp3) is 0.667. The summed E-state index contributed by atoms with van der Waals surface area (Å²) in [7, 11) is 0. The first-order valence-electron chi connectivity index (χ1n) is 11.9. The van der Waals surface area contributed by atoms with Crippen LogP contribution in [-0.4, -0.2) is 60.4 Å². The summed E-state index contributed by atoms with van der Waals surface area (Å²) in [5.41, 5.74) is 4.22. The van der Waals surface area contributed by atoms with Gasteiger partial charge in [-0.1, -0.05) is 0 Å². The molecule has 6 rings (SSSR count). The van der Waals surface area contributed by atoms with Crippen molar-refractivity contribution < 1.29 is 23.4 Å². The third-order valence-electron chi connectivity index (χ3n) is 7.43.